The van der Waals surface area contributed by atoms with E-state index in [4.69, 9.17) is 5.26 Å². The Bertz CT molecular complexity index is 885. The predicted octanol–water partition coefficient (Wildman–Crippen LogP) is 3.34. The van der Waals surface area contributed by atoms with Crippen molar-refractivity contribution < 1.29 is 4.79 Å². The lowest BCUT2D eigenvalue weighted by Gasteiger charge is -2.07. The number of nitriles is 1. The first-order valence-electron chi connectivity index (χ1n) is 7.20. The second-order valence-electron chi connectivity index (χ2n) is 4.92. The highest BCUT2D eigenvalue weighted by molar-refractivity contribution is 6.03. The second kappa shape index (κ2) is 7.03. The lowest BCUT2D eigenvalue weighted by Crippen LogP contribution is -2.14. The van der Waals surface area contributed by atoms with Gasteiger partial charge in [0.1, 0.15) is 17.8 Å². The van der Waals surface area contributed by atoms with Crippen molar-refractivity contribution in [3.63, 3.8) is 0 Å². The fourth-order valence-electron chi connectivity index (χ4n) is 2.04. The third-order valence-corrected chi connectivity index (χ3v) is 3.22. The minimum atomic E-state index is -0.349. The van der Waals surface area contributed by atoms with Crippen molar-refractivity contribution in [1.82, 2.24) is 9.97 Å². The molecule has 0 bridgehead atoms. The van der Waals surface area contributed by atoms with Gasteiger partial charge in [-0.1, -0.05) is 18.2 Å². The van der Waals surface area contributed by atoms with Gasteiger partial charge in [-0.25, -0.2) is 9.97 Å². The zero-order valence-electron chi connectivity index (χ0n) is 12.6. The van der Waals surface area contributed by atoms with Crippen molar-refractivity contribution in [3.05, 3.63) is 78.2 Å². The molecule has 0 aliphatic rings. The number of hydrogen-bond acceptors (Lipinski definition) is 5. The number of nitrogens with one attached hydrogen (secondary N) is 2. The molecule has 1 heterocycles. The van der Waals surface area contributed by atoms with E-state index in [0.717, 1.165) is 5.69 Å². The number of nitrogens with zero attached hydrogens (tertiary/aromatic N) is 3. The van der Waals surface area contributed by atoms with E-state index in [1.54, 1.807) is 30.3 Å². The molecule has 3 rings (SSSR count). The summed E-state index contributed by atoms with van der Waals surface area (Å²) in [6.45, 7) is 0. The highest BCUT2D eigenvalue weighted by Gasteiger charge is 2.09. The molecule has 3 aromatic rings. The smallest absolute Gasteiger partial charge is 0.274 e. The van der Waals surface area contributed by atoms with E-state index in [2.05, 4.69) is 20.6 Å². The van der Waals surface area contributed by atoms with E-state index in [-0.39, 0.29) is 11.6 Å². The Labute approximate surface area is 138 Å². The van der Waals surface area contributed by atoms with E-state index in [1.807, 2.05) is 36.4 Å². The number of amides is 1. The molecule has 0 atom stereocenters. The molecule has 1 amide bonds. The Morgan fingerprint density at radius 2 is 1.71 bits per heavy atom. The molecule has 2 aromatic carbocycles. The second-order valence-corrected chi connectivity index (χ2v) is 4.92. The van der Waals surface area contributed by atoms with Crippen molar-refractivity contribution in [2.75, 3.05) is 10.6 Å². The van der Waals surface area contributed by atoms with Crippen LogP contribution in [0.1, 0.15) is 16.1 Å². The average Bonchev–Trinajstić information content (AvgIpc) is 2.63. The van der Waals surface area contributed by atoms with Crippen LogP contribution in [0.25, 0.3) is 0 Å². The number of hydrogen-bond donors (Lipinski definition) is 2. The standard InChI is InChI=1S/C18H13N5O/c19-11-13-6-8-15(9-7-13)23-18(24)16-10-17(21-12-20-16)22-14-4-2-1-3-5-14/h1-10,12H,(H,23,24)(H,20,21,22). The Morgan fingerprint density at radius 1 is 0.958 bits per heavy atom. The molecule has 0 aliphatic heterocycles. The number of aromatic nitrogens is 2. The van der Waals surface area contributed by atoms with E-state index in [9.17, 15) is 4.79 Å². The maximum absolute atomic E-state index is 12.3. The summed E-state index contributed by atoms with van der Waals surface area (Å²) in [5.74, 6) is 0.180. The van der Waals surface area contributed by atoms with Crippen molar-refractivity contribution in [3.8, 4) is 6.07 Å². The van der Waals surface area contributed by atoms with E-state index in [0.29, 0.717) is 17.1 Å². The van der Waals surface area contributed by atoms with Crippen LogP contribution in [0.5, 0.6) is 0 Å². The topological polar surface area (TPSA) is 90.7 Å². The average molecular weight is 315 g/mol. The van der Waals surface area contributed by atoms with E-state index >= 15 is 0 Å². The Kier molecular flexibility index (Phi) is 4.45. The van der Waals surface area contributed by atoms with E-state index in [1.165, 1.54) is 6.33 Å². The third-order valence-electron chi connectivity index (χ3n) is 3.22. The van der Waals surface area contributed by atoms with Crippen molar-refractivity contribution in [2.45, 2.75) is 0 Å². The van der Waals surface area contributed by atoms with Gasteiger partial charge in [-0.15, -0.1) is 0 Å². The molecule has 0 saturated heterocycles. The summed E-state index contributed by atoms with van der Waals surface area (Å²) in [7, 11) is 0. The number of anilines is 3. The van der Waals surface area contributed by atoms with Crippen LogP contribution in [0, 0.1) is 11.3 Å². The van der Waals surface area contributed by atoms with Crippen LogP contribution in [0.4, 0.5) is 17.2 Å². The highest BCUT2D eigenvalue weighted by atomic mass is 16.1. The van der Waals surface area contributed by atoms with Crippen LogP contribution >= 0.6 is 0 Å². The minimum absolute atomic E-state index is 0.243. The monoisotopic (exact) mass is 315 g/mol. The van der Waals surface area contributed by atoms with Crippen molar-refractivity contribution in [2.24, 2.45) is 0 Å². The summed E-state index contributed by atoms with van der Waals surface area (Å²) in [4.78, 5) is 20.4. The molecule has 0 saturated carbocycles. The first kappa shape index (κ1) is 15.2. The summed E-state index contributed by atoms with van der Waals surface area (Å²) in [6.07, 6.45) is 1.33. The van der Waals surface area contributed by atoms with Crippen LogP contribution in [-0.2, 0) is 0 Å². The lowest BCUT2D eigenvalue weighted by molar-refractivity contribution is 0.102. The Balaban J connectivity index is 1.73. The third kappa shape index (κ3) is 3.72. The molecule has 6 nitrogen and oxygen atoms in total. The number of rotatable bonds is 4. The molecule has 0 aliphatic carbocycles. The molecule has 0 radical (unpaired) electrons. The molecule has 6 heteroatoms. The Morgan fingerprint density at radius 3 is 2.42 bits per heavy atom. The van der Waals surface area contributed by atoms with Crippen LogP contribution in [0.15, 0.2) is 67.0 Å². The summed E-state index contributed by atoms with van der Waals surface area (Å²) < 4.78 is 0. The van der Waals surface area contributed by atoms with E-state index < -0.39 is 0 Å². The van der Waals surface area contributed by atoms with Gasteiger partial charge in [-0.2, -0.15) is 5.26 Å². The van der Waals surface area contributed by atoms with Gasteiger partial charge in [-0.3, -0.25) is 4.79 Å². The minimum Gasteiger partial charge on any atom is -0.340 e. The van der Waals surface area contributed by atoms with Gasteiger partial charge in [0.05, 0.1) is 11.6 Å². The molecule has 24 heavy (non-hydrogen) atoms. The van der Waals surface area contributed by atoms with Gasteiger partial charge < -0.3 is 10.6 Å². The van der Waals surface area contributed by atoms with Gasteiger partial charge in [0.2, 0.25) is 0 Å². The quantitative estimate of drug-likeness (QED) is 0.770. The van der Waals surface area contributed by atoms with Crippen LogP contribution in [-0.4, -0.2) is 15.9 Å². The zero-order chi connectivity index (χ0) is 16.8. The molecular weight excluding hydrogens is 302 g/mol. The van der Waals surface area contributed by atoms with Gasteiger partial charge >= 0.3 is 0 Å². The van der Waals surface area contributed by atoms with Gasteiger partial charge in [0.15, 0.2) is 0 Å². The van der Waals surface area contributed by atoms with Gasteiger partial charge in [0, 0.05) is 17.4 Å². The van der Waals surface area contributed by atoms with Crippen molar-refractivity contribution in [1.29, 1.82) is 5.26 Å². The number of para-hydroxylation sites is 1. The van der Waals surface area contributed by atoms with Crippen LogP contribution in [0.3, 0.4) is 0 Å². The summed E-state index contributed by atoms with van der Waals surface area (Å²) >= 11 is 0. The number of benzene rings is 2. The van der Waals surface area contributed by atoms with Gasteiger partial charge in [-0.05, 0) is 36.4 Å². The largest absolute Gasteiger partial charge is 0.340 e. The summed E-state index contributed by atoms with van der Waals surface area (Å²) in [5, 5.41) is 14.6. The van der Waals surface area contributed by atoms with Crippen LogP contribution < -0.4 is 10.6 Å². The summed E-state index contributed by atoms with van der Waals surface area (Å²) in [6, 6.07) is 19.7. The molecular formula is C18H13N5O. The molecule has 0 unspecified atom stereocenters. The zero-order valence-corrected chi connectivity index (χ0v) is 12.6. The lowest BCUT2D eigenvalue weighted by atomic mass is 10.2. The number of carbonyl (C=O) groups is 1. The van der Waals surface area contributed by atoms with Crippen molar-refractivity contribution >= 4 is 23.1 Å². The highest BCUT2D eigenvalue weighted by Crippen LogP contribution is 2.15. The Hall–Kier alpha value is -3.72. The normalized spacial score (nSPS) is 9.79. The van der Waals surface area contributed by atoms with Crippen LogP contribution in [0.2, 0.25) is 0 Å². The molecule has 116 valence electrons. The van der Waals surface area contributed by atoms with Gasteiger partial charge in [0.25, 0.3) is 5.91 Å². The fraction of sp³-hybridized carbons (Fsp3) is 0. The predicted molar refractivity (Wildman–Crippen MR) is 90.9 cm³/mol. The maximum atomic E-state index is 12.3. The number of carbonyl (C=O) groups excluding carboxylic acids is 1. The molecule has 0 fully saturated rings. The SMILES string of the molecule is N#Cc1ccc(NC(=O)c2cc(Nc3ccccc3)ncn2)cc1. The summed E-state index contributed by atoms with van der Waals surface area (Å²) in [5.41, 5.74) is 2.24. The first-order chi connectivity index (χ1) is 11.7. The maximum Gasteiger partial charge on any atom is 0.274 e. The molecule has 0 spiro atoms. The molecule has 1 aromatic heterocycles. The fourth-order valence-corrected chi connectivity index (χ4v) is 2.04. The first-order valence-corrected chi connectivity index (χ1v) is 7.20. The molecule has 2 N–H and O–H groups in total.